The average Bonchev–Trinajstić information content (AvgIpc) is 2.47. The number of methoxy groups -OCH3 is 1. The van der Waals surface area contributed by atoms with Crippen LogP contribution in [0.4, 0.5) is 15.9 Å². The highest BCUT2D eigenvalue weighted by molar-refractivity contribution is 5.86. The molecule has 2 rings (SSSR count). The Labute approximate surface area is 113 Å². The Morgan fingerprint density at radius 3 is 2.80 bits per heavy atom. The third-order valence-corrected chi connectivity index (χ3v) is 2.43. The molecule has 0 fully saturated rings. The summed E-state index contributed by atoms with van der Waals surface area (Å²) in [5, 5.41) is 11.7. The maximum Gasteiger partial charge on any atom is 0.358 e. The Kier molecular flexibility index (Phi) is 3.86. The number of benzene rings is 1. The van der Waals surface area contributed by atoms with Gasteiger partial charge in [0, 0.05) is 0 Å². The number of esters is 1. The monoisotopic (exact) mass is 272 g/mol. The number of carbonyl (C=O) groups is 1. The van der Waals surface area contributed by atoms with Crippen molar-refractivity contribution in [2.24, 2.45) is 0 Å². The number of anilines is 2. The fourth-order valence-corrected chi connectivity index (χ4v) is 1.48. The molecule has 6 nitrogen and oxygen atoms in total. The molecule has 0 saturated heterocycles. The number of ether oxygens (including phenoxy) is 1. The molecule has 100 valence electrons. The van der Waals surface area contributed by atoms with Crippen LogP contribution in [0.5, 0.6) is 0 Å². The smallest absolute Gasteiger partial charge is 0.358 e. The van der Waals surface area contributed by atoms with Crippen LogP contribution in [0.2, 0.25) is 0 Å². The first-order valence-electron chi connectivity index (χ1n) is 5.51. The van der Waals surface area contributed by atoms with Crippen molar-refractivity contribution in [2.75, 3.05) is 12.4 Å². The Balaban J connectivity index is 2.25. The second-order valence-corrected chi connectivity index (χ2v) is 3.68. The van der Waals surface area contributed by atoms with Crippen molar-refractivity contribution >= 4 is 17.5 Å². The molecule has 1 aromatic heterocycles. The van der Waals surface area contributed by atoms with Gasteiger partial charge < -0.3 is 10.1 Å². The lowest BCUT2D eigenvalue weighted by molar-refractivity contribution is 0.0593. The van der Waals surface area contributed by atoms with Crippen LogP contribution in [0.3, 0.4) is 0 Å². The highest BCUT2D eigenvalue weighted by Gasteiger charge is 2.10. The number of nitriles is 1. The molecule has 0 atom stereocenters. The molecule has 1 N–H and O–H groups in total. The van der Waals surface area contributed by atoms with Gasteiger partial charge in [0.15, 0.2) is 5.69 Å². The Hall–Kier alpha value is -3.01. The van der Waals surface area contributed by atoms with Crippen LogP contribution in [-0.2, 0) is 4.74 Å². The van der Waals surface area contributed by atoms with Crippen LogP contribution in [0.1, 0.15) is 16.1 Å². The zero-order valence-electron chi connectivity index (χ0n) is 10.4. The molecule has 1 aromatic carbocycles. The molecule has 0 aliphatic carbocycles. The zero-order chi connectivity index (χ0) is 14.5. The minimum Gasteiger partial charge on any atom is -0.464 e. The third-order valence-electron chi connectivity index (χ3n) is 2.43. The van der Waals surface area contributed by atoms with Crippen LogP contribution in [0, 0.1) is 17.1 Å². The molecular weight excluding hydrogens is 263 g/mol. The molecule has 0 amide bonds. The number of aromatic nitrogens is 2. The van der Waals surface area contributed by atoms with Crippen LogP contribution >= 0.6 is 0 Å². The number of hydrogen-bond acceptors (Lipinski definition) is 6. The summed E-state index contributed by atoms with van der Waals surface area (Å²) in [6.07, 6.45) is 2.51. The summed E-state index contributed by atoms with van der Waals surface area (Å²) < 4.78 is 17.9. The van der Waals surface area contributed by atoms with Gasteiger partial charge in [-0.25, -0.2) is 19.2 Å². The van der Waals surface area contributed by atoms with Crippen LogP contribution in [0.15, 0.2) is 30.6 Å². The van der Waals surface area contributed by atoms with E-state index in [1.807, 2.05) is 0 Å². The third kappa shape index (κ3) is 2.70. The van der Waals surface area contributed by atoms with Gasteiger partial charge >= 0.3 is 5.97 Å². The van der Waals surface area contributed by atoms with Crippen LogP contribution in [-0.4, -0.2) is 23.0 Å². The van der Waals surface area contributed by atoms with Crippen molar-refractivity contribution in [3.8, 4) is 6.07 Å². The van der Waals surface area contributed by atoms with Gasteiger partial charge in [-0.1, -0.05) is 6.07 Å². The van der Waals surface area contributed by atoms with Crippen molar-refractivity contribution in [1.29, 1.82) is 5.26 Å². The van der Waals surface area contributed by atoms with Gasteiger partial charge in [0.1, 0.15) is 23.3 Å². The minimum atomic E-state index is -0.628. The van der Waals surface area contributed by atoms with E-state index in [1.165, 1.54) is 37.7 Å². The molecule has 0 bridgehead atoms. The Morgan fingerprint density at radius 2 is 2.20 bits per heavy atom. The SMILES string of the molecule is COC(=O)c1cnc(Nc2cccc(F)c2C#N)cn1. The van der Waals surface area contributed by atoms with E-state index in [9.17, 15) is 9.18 Å². The normalized spacial score (nSPS) is 9.65. The van der Waals surface area contributed by atoms with E-state index >= 15 is 0 Å². The summed E-state index contributed by atoms with van der Waals surface area (Å²) in [5.74, 6) is -0.955. The first-order valence-corrected chi connectivity index (χ1v) is 5.51. The highest BCUT2D eigenvalue weighted by atomic mass is 19.1. The molecule has 0 radical (unpaired) electrons. The van der Waals surface area contributed by atoms with E-state index in [4.69, 9.17) is 5.26 Å². The quantitative estimate of drug-likeness (QED) is 0.860. The van der Waals surface area contributed by atoms with Gasteiger partial charge in [0.2, 0.25) is 0 Å². The number of halogens is 1. The summed E-state index contributed by atoms with van der Waals surface area (Å²) in [6.45, 7) is 0. The maximum absolute atomic E-state index is 13.4. The van der Waals surface area contributed by atoms with Crippen LogP contribution in [0.25, 0.3) is 0 Å². The summed E-state index contributed by atoms with van der Waals surface area (Å²) >= 11 is 0. The Morgan fingerprint density at radius 1 is 1.40 bits per heavy atom. The predicted octanol–water partition coefficient (Wildman–Crippen LogP) is 2.02. The van der Waals surface area contributed by atoms with E-state index in [0.717, 1.165) is 0 Å². The van der Waals surface area contributed by atoms with E-state index in [0.29, 0.717) is 0 Å². The molecule has 2 aromatic rings. The van der Waals surface area contributed by atoms with Gasteiger partial charge in [-0.2, -0.15) is 5.26 Å². The number of rotatable bonds is 3. The molecule has 0 aliphatic heterocycles. The van der Waals surface area contributed by atoms with Crippen molar-refractivity contribution < 1.29 is 13.9 Å². The molecule has 0 unspecified atom stereocenters. The number of nitrogens with one attached hydrogen (secondary N) is 1. The maximum atomic E-state index is 13.4. The molecule has 0 aliphatic rings. The van der Waals surface area contributed by atoms with Gasteiger partial charge in [-0.3, -0.25) is 0 Å². The van der Waals surface area contributed by atoms with Crippen LogP contribution < -0.4 is 5.32 Å². The van der Waals surface area contributed by atoms with Gasteiger partial charge in [-0.15, -0.1) is 0 Å². The summed E-state index contributed by atoms with van der Waals surface area (Å²) in [4.78, 5) is 19.0. The summed E-state index contributed by atoms with van der Waals surface area (Å²) in [7, 11) is 1.24. The molecular formula is C13H9FN4O2. The topological polar surface area (TPSA) is 87.9 Å². The fourth-order valence-electron chi connectivity index (χ4n) is 1.48. The second kappa shape index (κ2) is 5.75. The van der Waals surface area contributed by atoms with Crippen molar-refractivity contribution in [1.82, 2.24) is 9.97 Å². The van der Waals surface area contributed by atoms with Crippen molar-refractivity contribution in [2.45, 2.75) is 0 Å². The molecule has 0 spiro atoms. The highest BCUT2D eigenvalue weighted by Crippen LogP contribution is 2.21. The summed E-state index contributed by atoms with van der Waals surface area (Å²) in [5.41, 5.74) is 0.205. The van der Waals surface area contributed by atoms with Gasteiger partial charge in [-0.05, 0) is 12.1 Å². The number of hydrogen-bond donors (Lipinski definition) is 1. The lowest BCUT2D eigenvalue weighted by atomic mass is 10.2. The van der Waals surface area contributed by atoms with E-state index in [-0.39, 0.29) is 22.8 Å². The lowest BCUT2D eigenvalue weighted by Gasteiger charge is -2.07. The standard InChI is InChI=1S/C13H9FN4O2/c1-20-13(19)11-6-17-12(7-16-11)18-10-4-2-3-9(14)8(10)5-15/h2-4,6-7H,1H3,(H,17,18). The summed E-state index contributed by atoms with van der Waals surface area (Å²) in [6, 6.07) is 5.96. The second-order valence-electron chi connectivity index (χ2n) is 3.68. The Bertz CT molecular complexity index is 680. The van der Waals surface area contributed by atoms with E-state index in [1.54, 1.807) is 6.07 Å². The predicted molar refractivity (Wildman–Crippen MR) is 67.8 cm³/mol. The van der Waals surface area contributed by atoms with E-state index < -0.39 is 11.8 Å². The fraction of sp³-hybridized carbons (Fsp3) is 0.0769. The largest absolute Gasteiger partial charge is 0.464 e. The first kappa shape index (κ1) is 13.4. The molecule has 20 heavy (non-hydrogen) atoms. The molecule has 1 heterocycles. The first-order chi connectivity index (χ1) is 9.65. The van der Waals surface area contributed by atoms with Crippen molar-refractivity contribution in [3.63, 3.8) is 0 Å². The minimum absolute atomic E-state index is 0.0535. The molecule has 0 saturated carbocycles. The molecule has 7 heteroatoms. The lowest BCUT2D eigenvalue weighted by Crippen LogP contribution is -2.06. The average molecular weight is 272 g/mol. The number of carbonyl (C=O) groups excluding carboxylic acids is 1. The van der Waals surface area contributed by atoms with Gasteiger partial charge in [0.05, 0.1) is 25.2 Å². The van der Waals surface area contributed by atoms with E-state index in [2.05, 4.69) is 20.0 Å². The zero-order valence-corrected chi connectivity index (χ0v) is 10.4. The number of nitrogens with zero attached hydrogens (tertiary/aromatic N) is 3. The van der Waals surface area contributed by atoms with Crippen molar-refractivity contribution in [3.05, 3.63) is 47.7 Å². The van der Waals surface area contributed by atoms with Gasteiger partial charge in [0.25, 0.3) is 0 Å².